The summed E-state index contributed by atoms with van der Waals surface area (Å²) in [5, 5.41) is 20.1. The van der Waals surface area contributed by atoms with Gasteiger partial charge >= 0.3 is 0 Å². The Bertz CT molecular complexity index is 652. The minimum atomic E-state index is -0.585. The summed E-state index contributed by atoms with van der Waals surface area (Å²) in [7, 11) is 1.52. The topological polar surface area (TPSA) is 83.7 Å². The Kier molecular flexibility index (Phi) is 3.65. The molecule has 0 bridgehead atoms. The van der Waals surface area contributed by atoms with Crippen LogP contribution in [-0.4, -0.2) is 23.0 Å². The molecule has 1 N–H and O–H groups in total. The highest BCUT2D eigenvalue weighted by molar-refractivity contribution is 6.08. The van der Waals surface area contributed by atoms with Crippen molar-refractivity contribution in [3.8, 4) is 5.75 Å². The number of hydrogen-bond acceptors (Lipinski definition) is 4. The molecule has 0 spiro atoms. The first-order valence-corrected chi connectivity index (χ1v) is 5.81. The van der Waals surface area contributed by atoms with Crippen molar-refractivity contribution in [3.05, 3.63) is 64.2 Å². The van der Waals surface area contributed by atoms with Gasteiger partial charge in [-0.25, -0.2) is 0 Å². The number of carbonyl (C=O) groups excluding carboxylic acids is 1. The lowest BCUT2D eigenvalue weighted by molar-refractivity contribution is -0.385. The van der Waals surface area contributed by atoms with Gasteiger partial charge in [0.2, 0.25) is 0 Å². The maximum absolute atomic E-state index is 12.3. The third kappa shape index (κ3) is 2.59. The highest BCUT2D eigenvalue weighted by Gasteiger charge is 2.22. The molecule has 1 amide bonds. The molecular weight excluding hydrogens is 260 g/mol. The molecular formula is C14H12N2O4. The summed E-state index contributed by atoms with van der Waals surface area (Å²) in [6, 6.07) is 11.8. The zero-order chi connectivity index (χ0) is 14.7. The zero-order valence-electron chi connectivity index (χ0n) is 10.7. The molecule has 0 atom stereocenters. The molecule has 2 aromatic rings. The first kappa shape index (κ1) is 13.5. The van der Waals surface area contributed by atoms with E-state index in [-0.39, 0.29) is 17.0 Å². The summed E-state index contributed by atoms with van der Waals surface area (Å²) >= 11 is 0. The van der Waals surface area contributed by atoms with Crippen molar-refractivity contribution >= 4 is 17.3 Å². The number of phenolic OH excluding ortho intramolecular Hbond substituents is 1. The minimum Gasteiger partial charge on any atom is -0.508 e. The molecule has 0 saturated carbocycles. The fourth-order valence-corrected chi connectivity index (χ4v) is 1.79. The van der Waals surface area contributed by atoms with E-state index < -0.39 is 10.8 Å². The molecule has 0 saturated heterocycles. The molecule has 0 aromatic heterocycles. The van der Waals surface area contributed by atoms with Crippen LogP contribution in [0.5, 0.6) is 5.75 Å². The molecule has 0 aliphatic heterocycles. The maximum Gasteiger partial charge on any atom is 0.282 e. The quantitative estimate of drug-likeness (QED) is 0.687. The van der Waals surface area contributed by atoms with Gasteiger partial charge in [-0.05, 0) is 30.3 Å². The Balaban J connectivity index is 2.36. The summed E-state index contributed by atoms with van der Waals surface area (Å²) in [5.41, 5.74) is 0.321. The summed E-state index contributed by atoms with van der Waals surface area (Å²) in [5.74, 6) is -0.400. The molecule has 0 fully saturated rings. The van der Waals surface area contributed by atoms with Crippen LogP contribution in [-0.2, 0) is 0 Å². The predicted octanol–water partition coefficient (Wildman–Crippen LogP) is 2.58. The third-order valence-electron chi connectivity index (χ3n) is 2.87. The van der Waals surface area contributed by atoms with Crippen LogP contribution in [0.4, 0.5) is 11.4 Å². The third-order valence-corrected chi connectivity index (χ3v) is 2.87. The van der Waals surface area contributed by atoms with Crippen LogP contribution >= 0.6 is 0 Å². The van der Waals surface area contributed by atoms with Crippen LogP contribution in [0.25, 0.3) is 0 Å². The number of rotatable bonds is 3. The van der Waals surface area contributed by atoms with E-state index in [9.17, 15) is 20.0 Å². The van der Waals surface area contributed by atoms with E-state index in [4.69, 9.17) is 0 Å². The van der Waals surface area contributed by atoms with Gasteiger partial charge in [0, 0.05) is 18.8 Å². The molecule has 6 nitrogen and oxygen atoms in total. The molecule has 0 radical (unpaired) electrons. The number of hydrogen-bond donors (Lipinski definition) is 1. The van der Waals surface area contributed by atoms with Crippen molar-refractivity contribution in [1.29, 1.82) is 0 Å². The number of carbonyl (C=O) groups is 1. The van der Waals surface area contributed by atoms with Crippen molar-refractivity contribution in [1.82, 2.24) is 0 Å². The van der Waals surface area contributed by atoms with Crippen molar-refractivity contribution < 1.29 is 14.8 Å². The Morgan fingerprint density at radius 2 is 1.75 bits per heavy atom. The number of nitrogens with zero attached hydrogens (tertiary/aromatic N) is 2. The van der Waals surface area contributed by atoms with E-state index in [2.05, 4.69) is 0 Å². The molecule has 102 valence electrons. The lowest BCUT2D eigenvalue weighted by Gasteiger charge is -2.17. The molecule has 20 heavy (non-hydrogen) atoms. The van der Waals surface area contributed by atoms with Gasteiger partial charge in [0.1, 0.15) is 11.3 Å². The summed E-state index contributed by atoms with van der Waals surface area (Å²) in [6.07, 6.45) is 0. The van der Waals surface area contributed by atoms with E-state index in [1.54, 1.807) is 18.2 Å². The van der Waals surface area contributed by atoms with Crippen LogP contribution in [0.3, 0.4) is 0 Å². The lowest BCUT2D eigenvalue weighted by Crippen LogP contribution is -2.26. The average molecular weight is 272 g/mol. The number of benzene rings is 2. The number of para-hydroxylation sites is 1. The van der Waals surface area contributed by atoms with Gasteiger partial charge in [0.05, 0.1) is 4.92 Å². The van der Waals surface area contributed by atoms with Gasteiger partial charge in [0.25, 0.3) is 11.6 Å². The van der Waals surface area contributed by atoms with Crippen molar-refractivity contribution in [3.63, 3.8) is 0 Å². The summed E-state index contributed by atoms with van der Waals surface area (Å²) in [6.45, 7) is 0. The van der Waals surface area contributed by atoms with Gasteiger partial charge in [-0.15, -0.1) is 0 Å². The van der Waals surface area contributed by atoms with Gasteiger partial charge in [-0.2, -0.15) is 0 Å². The smallest absolute Gasteiger partial charge is 0.282 e. The van der Waals surface area contributed by atoms with Crippen LogP contribution in [0, 0.1) is 10.1 Å². The predicted molar refractivity (Wildman–Crippen MR) is 73.9 cm³/mol. The van der Waals surface area contributed by atoms with Gasteiger partial charge in [0.15, 0.2) is 0 Å². The van der Waals surface area contributed by atoms with Crippen molar-refractivity contribution in [2.45, 2.75) is 0 Å². The number of nitro benzene ring substituents is 1. The van der Waals surface area contributed by atoms with Gasteiger partial charge in [-0.1, -0.05) is 12.1 Å². The van der Waals surface area contributed by atoms with Crippen LogP contribution in [0.15, 0.2) is 48.5 Å². The second kappa shape index (κ2) is 5.40. The Morgan fingerprint density at radius 1 is 1.15 bits per heavy atom. The normalized spacial score (nSPS) is 10.1. The fraction of sp³-hybridized carbons (Fsp3) is 0.0714. The SMILES string of the molecule is CN(C(=O)c1ccccc1[N+](=O)[O-])c1ccc(O)cc1. The van der Waals surface area contributed by atoms with Crippen LogP contribution in [0.1, 0.15) is 10.4 Å². The largest absolute Gasteiger partial charge is 0.508 e. The van der Waals surface area contributed by atoms with Crippen molar-refractivity contribution in [2.24, 2.45) is 0 Å². The molecule has 0 heterocycles. The van der Waals surface area contributed by atoms with Gasteiger partial charge in [-0.3, -0.25) is 14.9 Å². The highest BCUT2D eigenvalue weighted by Crippen LogP contribution is 2.23. The number of amides is 1. The standard InChI is InChI=1S/C14H12N2O4/c1-15(10-6-8-11(17)9-7-10)14(18)12-4-2-3-5-13(12)16(19)20/h2-9,17H,1H3. The van der Waals surface area contributed by atoms with Gasteiger partial charge < -0.3 is 10.0 Å². The van der Waals surface area contributed by atoms with Crippen LogP contribution < -0.4 is 4.90 Å². The van der Waals surface area contributed by atoms with Crippen molar-refractivity contribution in [2.75, 3.05) is 11.9 Å². The number of phenols is 1. The average Bonchev–Trinajstić information content (AvgIpc) is 2.46. The zero-order valence-corrected chi connectivity index (χ0v) is 10.7. The van der Waals surface area contributed by atoms with E-state index >= 15 is 0 Å². The van der Waals surface area contributed by atoms with E-state index in [0.29, 0.717) is 5.69 Å². The maximum atomic E-state index is 12.3. The Morgan fingerprint density at radius 3 is 2.35 bits per heavy atom. The monoisotopic (exact) mass is 272 g/mol. The Hall–Kier alpha value is -2.89. The molecule has 2 rings (SSSR count). The second-order valence-corrected chi connectivity index (χ2v) is 4.15. The molecule has 2 aromatic carbocycles. The van der Waals surface area contributed by atoms with E-state index in [1.807, 2.05) is 0 Å². The molecule has 0 unspecified atom stereocenters. The lowest BCUT2D eigenvalue weighted by atomic mass is 10.1. The molecule has 0 aliphatic rings. The summed E-state index contributed by atoms with van der Waals surface area (Å²) < 4.78 is 0. The minimum absolute atomic E-state index is 0.0214. The summed E-state index contributed by atoms with van der Waals surface area (Å²) in [4.78, 5) is 24.0. The highest BCUT2D eigenvalue weighted by atomic mass is 16.6. The first-order valence-electron chi connectivity index (χ1n) is 5.81. The molecule has 0 aliphatic carbocycles. The number of aromatic hydroxyl groups is 1. The fourth-order valence-electron chi connectivity index (χ4n) is 1.79. The van der Waals surface area contributed by atoms with Crippen LogP contribution in [0.2, 0.25) is 0 Å². The van der Waals surface area contributed by atoms with E-state index in [0.717, 1.165) is 0 Å². The Labute approximate surface area is 115 Å². The number of nitro groups is 1. The first-order chi connectivity index (χ1) is 9.50. The molecule has 6 heteroatoms. The number of anilines is 1. The second-order valence-electron chi connectivity index (χ2n) is 4.15. The van der Waals surface area contributed by atoms with E-state index in [1.165, 1.54) is 42.3 Å².